The van der Waals surface area contributed by atoms with E-state index in [0.717, 1.165) is 12.5 Å². The van der Waals surface area contributed by atoms with Crippen molar-refractivity contribution in [2.75, 3.05) is 0 Å². The molecule has 0 bridgehead atoms. The molecule has 0 aliphatic carbocycles. The third-order valence-corrected chi connectivity index (χ3v) is 3.57. The molecule has 1 aromatic carbocycles. The van der Waals surface area contributed by atoms with Crippen LogP contribution in [0.5, 0.6) is 0 Å². The molecule has 2 atom stereocenters. The average Bonchev–Trinajstić information content (AvgIpc) is 2.33. The van der Waals surface area contributed by atoms with Crippen LogP contribution in [-0.4, -0.2) is 11.2 Å². The molecular weight excluding hydrogens is 326 g/mol. The lowest BCUT2D eigenvalue weighted by molar-refractivity contribution is -0.137. The standard InChI is InChI=1S/C14H19ClF3NO.ClH/c1-8(2)6-7-11(20)13(19)9-4-3-5-10(12(9)15)14(16,17)18;/h3-5,8,11,13,20H,6-7,19H2,1-2H3;1H/t11-,13+;/m1./s1. The molecule has 0 fully saturated rings. The van der Waals surface area contributed by atoms with Crippen molar-refractivity contribution >= 4 is 24.0 Å². The van der Waals surface area contributed by atoms with E-state index >= 15 is 0 Å². The Hall–Kier alpha value is -0.490. The summed E-state index contributed by atoms with van der Waals surface area (Å²) >= 11 is 5.78. The molecule has 7 heteroatoms. The second-order valence-corrected chi connectivity index (χ2v) is 5.65. The summed E-state index contributed by atoms with van der Waals surface area (Å²) in [5, 5.41) is 9.54. The molecule has 1 rings (SSSR count). The Morgan fingerprint density at radius 2 is 1.81 bits per heavy atom. The maximum Gasteiger partial charge on any atom is 0.417 e. The van der Waals surface area contributed by atoms with Crippen molar-refractivity contribution in [2.45, 2.75) is 45.0 Å². The van der Waals surface area contributed by atoms with Gasteiger partial charge in [-0.15, -0.1) is 12.4 Å². The van der Waals surface area contributed by atoms with Crippen molar-refractivity contribution < 1.29 is 18.3 Å². The van der Waals surface area contributed by atoms with Crippen molar-refractivity contribution in [1.29, 1.82) is 0 Å². The van der Waals surface area contributed by atoms with Crippen LogP contribution in [-0.2, 0) is 6.18 Å². The molecular formula is C14H20Cl2F3NO. The van der Waals surface area contributed by atoms with Gasteiger partial charge >= 0.3 is 6.18 Å². The van der Waals surface area contributed by atoms with Crippen LogP contribution in [0.25, 0.3) is 0 Å². The summed E-state index contributed by atoms with van der Waals surface area (Å²) in [6, 6.07) is 2.64. The summed E-state index contributed by atoms with van der Waals surface area (Å²) in [5.74, 6) is 0.383. The van der Waals surface area contributed by atoms with Crippen molar-refractivity contribution in [3.05, 3.63) is 34.3 Å². The van der Waals surface area contributed by atoms with E-state index in [1.54, 1.807) is 0 Å². The number of hydrogen-bond acceptors (Lipinski definition) is 2. The zero-order chi connectivity index (χ0) is 15.5. The van der Waals surface area contributed by atoms with Crippen LogP contribution in [0, 0.1) is 5.92 Å². The number of alkyl halides is 3. The van der Waals surface area contributed by atoms with E-state index in [1.807, 2.05) is 13.8 Å². The molecule has 1 aromatic rings. The number of nitrogens with two attached hydrogens (primary N) is 1. The van der Waals surface area contributed by atoms with Crippen molar-refractivity contribution in [3.63, 3.8) is 0 Å². The maximum atomic E-state index is 12.8. The highest BCUT2D eigenvalue weighted by Gasteiger charge is 2.35. The van der Waals surface area contributed by atoms with Gasteiger partial charge in [0, 0.05) is 0 Å². The number of hydrogen-bond donors (Lipinski definition) is 2. The minimum absolute atomic E-state index is 0. The molecule has 0 aliphatic heterocycles. The lowest BCUT2D eigenvalue weighted by Gasteiger charge is -2.22. The Bertz CT molecular complexity index is 452. The zero-order valence-electron chi connectivity index (χ0n) is 11.8. The van der Waals surface area contributed by atoms with E-state index in [-0.39, 0.29) is 18.0 Å². The van der Waals surface area contributed by atoms with Gasteiger partial charge in [-0.2, -0.15) is 13.2 Å². The Kier molecular flexibility index (Phi) is 8.03. The Morgan fingerprint density at radius 1 is 1.24 bits per heavy atom. The highest BCUT2D eigenvalue weighted by Crippen LogP contribution is 2.38. The van der Waals surface area contributed by atoms with Gasteiger partial charge in [0.05, 0.1) is 22.7 Å². The number of rotatable bonds is 5. The van der Waals surface area contributed by atoms with E-state index in [1.165, 1.54) is 12.1 Å². The minimum Gasteiger partial charge on any atom is -0.391 e. The average molecular weight is 346 g/mol. The smallest absolute Gasteiger partial charge is 0.391 e. The maximum absolute atomic E-state index is 12.8. The molecule has 0 spiro atoms. The number of aliphatic hydroxyl groups is 1. The molecule has 0 saturated carbocycles. The van der Waals surface area contributed by atoms with Gasteiger partial charge in [0.25, 0.3) is 0 Å². The van der Waals surface area contributed by atoms with Crippen LogP contribution in [0.2, 0.25) is 5.02 Å². The van der Waals surface area contributed by atoms with Crippen molar-refractivity contribution in [3.8, 4) is 0 Å². The van der Waals surface area contributed by atoms with Crippen LogP contribution in [0.4, 0.5) is 13.2 Å². The monoisotopic (exact) mass is 345 g/mol. The molecule has 0 aliphatic rings. The Morgan fingerprint density at radius 3 is 2.29 bits per heavy atom. The van der Waals surface area contributed by atoms with Crippen LogP contribution < -0.4 is 5.73 Å². The largest absolute Gasteiger partial charge is 0.417 e. The van der Waals surface area contributed by atoms with Crippen LogP contribution >= 0.6 is 24.0 Å². The first-order valence-electron chi connectivity index (χ1n) is 6.43. The highest BCUT2D eigenvalue weighted by molar-refractivity contribution is 6.32. The lowest BCUT2D eigenvalue weighted by Crippen LogP contribution is -2.27. The van der Waals surface area contributed by atoms with Gasteiger partial charge in [0.2, 0.25) is 0 Å². The van der Waals surface area contributed by atoms with Crippen LogP contribution in [0.3, 0.4) is 0 Å². The fourth-order valence-corrected chi connectivity index (χ4v) is 2.28. The number of halogens is 5. The van der Waals surface area contributed by atoms with Gasteiger partial charge in [-0.25, -0.2) is 0 Å². The second-order valence-electron chi connectivity index (χ2n) is 5.27. The summed E-state index contributed by atoms with van der Waals surface area (Å²) in [4.78, 5) is 0. The normalized spacial score (nSPS) is 14.7. The van der Waals surface area contributed by atoms with E-state index in [9.17, 15) is 18.3 Å². The second kappa shape index (κ2) is 8.22. The summed E-state index contributed by atoms with van der Waals surface area (Å²) in [7, 11) is 0. The molecule has 21 heavy (non-hydrogen) atoms. The molecule has 0 radical (unpaired) electrons. The predicted molar refractivity (Wildman–Crippen MR) is 80.7 cm³/mol. The van der Waals surface area contributed by atoms with Gasteiger partial charge in [-0.3, -0.25) is 0 Å². The van der Waals surface area contributed by atoms with Crippen molar-refractivity contribution in [2.24, 2.45) is 11.7 Å². The minimum atomic E-state index is -4.53. The van der Waals surface area contributed by atoms with Gasteiger partial charge < -0.3 is 10.8 Å². The van der Waals surface area contributed by atoms with E-state index in [0.29, 0.717) is 12.3 Å². The van der Waals surface area contributed by atoms with Gasteiger partial charge in [-0.05, 0) is 30.4 Å². The van der Waals surface area contributed by atoms with Gasteiger partial charge in [-0.1, -0.05) is 37.6 Å². The molecule has 0 aromatic heterocycles. The number of aliphatic hydroxyl groups excluding tert-OH is 1. The first kappa shape index (κ1) is 20.5. The van der Waals surface area contributed by atoms with Crippen molar-refractivity contribution in [1.82, 2.24) is 0 Å². The molecule has 2 nitrogen and oxygen atoms in total. The Labute approximate surface area is 133 Å². The fourth-order valence-electron chi connectivity index (χ4n) is 1.92. The molecule has 0 amide bonds. The van der Waals surface area contributed by atoms with Crippen LogP contribution in [0.15, 0.2) is 18.2 Å². The summed E-state index contributed by atoms with van der Waals surface area (Å²) < 4.78 is 38.3. The van der Waals surface area contributed by atoms with E-state index in [4.69, 9.17) is 17.3 Å². The third kappa shape index (κ3) is 5.66. The zero-order valence-corrected chi connectivity index (χ0v) is 13.4. The third-order valence-electron chi connectivity index (χ3n) is 3.15. The summed E-state index contributed by atoms with van der Waals surface area (Å²) in [6.07, 6.45) is -4.29. The topological polar surface area (TPSA) is 46.2 Å². The van der Waals surface area contributed by atoms with E-state index < -0.39 is 28.9 Å². The SMILES string of the molecule is CC(C)CC[C@@H](O)[C@@H](N)c1cccc(C(F)(F)F)c1Cl.Cl. The summed E-state index contributed by atoms with van der Waals surface area (Å²) in [6.45, 7) is 3.99. The molecule has 0 heterocycles. The van der Waals surface area contributed by atoms with E-state index in [2.05, 4.69) is 0 Å². The predicted octanol–water partition coefficient (Wildman–Crippen LogP) is 4.58. The first-order valence-corrected chi connectivity index (χ1v) is 6.81. The molecule has 0 saturated heterocycles. The van der Waals surface area contributed by atoms with Gasteiger partial charge in [0.15, 0.2) is 0 Å². The number of benzene rings is 1. The summed E-state index contributed by atoms with van der Waals surface area (Å²) in [5.41, 5.74) is 5.03. The van der Waals surface area contributed by atoms with Crippen LogP contribution in [0.1, 0.15) is 43.9 Å². The highest BCUT2D eigenvalue weighted by atomic mass is 35.5. The molecule has 0 unspecified atom stereocenters. The Balaban J connectivity index is 0.00000400. The quantitative estimate of drug-likeness (QED) is 0.820. The molecule has 122 valence electrons. The lowest BCUT2D eigenvalue weighted by atomic mass is 9.95. The first-order chi connectivity index (χ1) is 9.14. The fraction of sp³-hybridized carbons (Fsp3) is 0.571. The van der Waals surface area contributed by atoms with Gasteiger partial charge in [0.1, 0.15) is 0 Å². The molecule has 3 N–H and O–H groups in total.